The number of morpholine rings is 1. The Kier molecular flexibility index (Phi) is 12.2. The van der Waals surface area contributed by atoms with Crippen molar-refractivity contribution in [1.29, 1.82) is 0 Å². The summed E-state index contributed by atoms with van der Waals surface area (Å²) in [5.41, 5.74) is 7.97. The molecule has 3 aromatic rings. The molecule has 2 saturated heterocycles. The summed E-state index contributed by atoms with van der Waals surface area (Å²) >= 11 is 0. The molecule has 0 spiro atoms. The molecule has 0 radical (unpaired) electrons. The number of rotatable bonds is 12. The van der Waals surface area contributed by atoms with E-state index >= 15 is 4.39 Å². The quantitative estimate of drug-likeness (QED) is 0.228. The zero-order chi connectivity index (χ0) is 33.2. The van der Waals surface area contributed by atoms with Gasteiger partial charge in [-0.2, -0.15) is 0 Å². The van der Waals surface area contributed by atoms with Crippen LogP contribution in [0.3, 0.4) is 0 Å². The summed E-state index contributed by atoms with van der Waals surface area (Å²) < 4.78 is 59.2. The van der Waals surface area contributed by atoms with Gasteiger partial charge >= 0.3 is 6.09 Å². The number of nitrogens with one attached hydrogen (secondary N) is 3. The summed E-state index contributed by atoms with van der Waals surface area (Å²) in [7, 11) is 0. The van der Waals surface area contributed by atoms with Gasteiger partial charge in [-0.3, -0.25) is 9.78 Å². The standard InChI is InChI=1S/C34H40F3N5O5/c35-23-8-4-21(5-9-23)31(22-6-10-24(36)11-7-22)32(38)33(43)42-30-18-39-17-29(37)28(30)13-12-27-15-40-25(19-46-27)20-47-34(44)41-16-26-3-1-2-14-45-26/h4-11,17-18,25-27,31-32,40H,1-3,12-16,19-20,38H2,(H,41,44)(H,42,43)/t25-,26?,27+,32?/m0/s1. The van der Waals surface area contributed by atoms with E-state index in [4.69, 9.17) is 19.9 Å². The molecule has 2 fully saturated rings. The second kappa shape index (κ2) is 16.7. The Hall–Kier alpha value is -4.04. The number of ether oxygens (including phenoxy) is 3. The number of carbonyl (C=O) groups is 2. The van der Waals surface area contributed by atoms with Crippen molar-refractivity contribution in [3.63, 3.8) is 0 Å². The van der Waals surface area contributed by atoms with Crippen molar-refractivity contribution >= 4 is 17.7 Å². The van der Waals surface area contributed by atoms with Crippen LogP contribution in [0, 0.1) is 17.5 Å². The van der Waals surface area contributed by atoms with Crippen LogP contribution in [0.25, 0.3) is 0 Å². The second-order valence-corrected chi connectivity index (χ2v) is 11.8. The van der Waals surface area contributed by atoms with Gasteiger partial charge in [0.25, 0.3) is 0 Å². The number of halogens is 3. The van der Waals surface area contributed by atoms with Gasteiger partial charge in [-0.05, 0) is 67.5 Å². The van der Waals surface area contributed by atoms with E-state index in [0.29, 0.717) is 43.9 Å². The van der Waals surface area contributed by atoms with Crippen molar-refractivity contribution in [2.75, 3.05) is 38.2 Å². The SMILES string of the molecule is NC(C(=O)Nc1cncc(F)c1CC[C@@H]1CN[C@H](COC(=O)NCC2CCCCO2)CO1)C(c1ccc(F)cc1)c1ccc(F)cc1. The zero-order valence-corrected chi connectivity index (χ0v) is 25.9. The number of amides is 2. The minimum Gasteiger partial charge on any atom is -0.448 e. The van der Waals surface area contributed by atoms with Crippen LogP contribution in [-0.2, 0) is 25.4 Å². The Balaban J connectivity index is 1.13. The normalized spacial score (nSPS) is 20.4. The highest BCUT2D eigenvalue weighted by Gasteiger charge is 2.29. The third-order valence-corrected chi connectivity index (χ3v) is 8.43. The van der Waals surface area contributed by atoms with E-state index in [1.807, 2.05) is 0 Å². The number of carbonyl (C=O) groups excluding carboxylic acids is 2. The lowest BCUT2D eigenvalue weighted by molar-refractivity contribution is -0.117. The molecule has 2 aliphatic rings. The highest BCUT2D eigenvalue weighted by atomic mass is 19.1. The van der Waals surface area contributed by atoms with Crippen molar-refractivity contribution in [2.45, 2.75) is 62.3 Å². The number of nitrogens with zero attached hydrogens (tertiary/aromatic N) is 1. The van der Waals surface area contributed by atoms with Crippen LogP contribution in [0.5, 0.6) is 0 Å². The highest BCUT2D eigenvalue weighted by molar-refractivity contribution is 5.96. The smallest absolute Gasteiger partial charge is 0.407 e. The number of anilines is 1. The molecule has 1 aromatic heterocycles. The third kappa shape index (κ3) is 9.74. The van der Waals surface area contributed by atoms with Gasteiger partial charge in [0.1, 0.15) is 24.1 Å². The van der Waals surface area contributed by atoms with Crippen molar-refractivity contribution in [3.05, 3.63) is 95.1 Å². The van der Waals surface area contributed by atoms with E-state index in [1.165, 1.54) is 54.7 Å². The third-order valence-electron chi connectivity index (χ3n) is 8.43. The zero-order valence-electron chi connectivity index (χ0n) is 25.9. The summed E-state index contributed by atoms with van der Waals surface area (Å²) in [6.07, 6.45) is 5.40. The number of nitrogens with two attached hydrogens (primary N) is 1. The molecular formula is C34H40F3N5O5. The molecule has 3 heterocycles. The Morgan fingerprint density at radius 1 is 0.979 bits per heavy atom. The summed E-state index contributed by atoms with van der Waals surface area (Å²) in [5.74, 6) is -2.86. The average Bonchev–Trinajstić information content (AvgIpc) is 3.09. The molecule has 252 valence electrons. The molecule has 2 unspecified atom stereocenters. The van der Waals surface area contributed by atoms with Crippen molar-refractivity contribution in [2.24, 2.45) is 5.73 Å². The van der Waals surface area contributed by atoms with Crippen LogP contribution in [-0.4, -0.2) is 74.2 Å². The molecule has 10 nitrogen and oxygen atoms in total. The molecule has 2 aromatic carbocycles. The van der Waals surface area contributed by atoms with Crippen LogP contribution in [0.1, 0.15) is 48.3 Å². The molecule has 2 aliphatic heterocycles. The maximum absolute atomic E-state index is 15.0. The fourth-order valence-electron chi connectivity index (χ4n) is 5.80. The summed E-state index contributed by atoms with van der Waals surface area (Å²) in [6.45, 7) is 2.02. The summed E-state index contributed by atoms with van der Waals surface area (Å²) in [4.78, 5) is 29.4. The number of benzene rings is 2. The Morgan fingerprint density at radius 2 is 1.68 bits per heavy atom. The topological polar surface area (TPSA) is 137 Å². The first-order valence-electron chi connectivity index (χ1n) is 15.8. The van der Waals surface area contributed by atoms with E-state index in [0.717, 1.165) is 25.5 Å². The molecule has 0 saturated carbocycles. The lowest BCUT2D eigenvalue weighted by Crippen LogP contribution is -2.49. The second-order valence-electron chi connectivity index (χ2n) is 11.8. The minimum atomic E-state index is -1.19. The molecule has 13 heteroatoms. The predicted octanol–water partition coefficient (Wildman–Crippen LogP) is 4.18. The fourth-order valence-corrected chi connectivity index (χ4v) is 5.80. The van der Waals surface area contributed by atoms with Gasteiger partial charge in [0.15, 0.2) is 0 Å². The Labute approximate surface area is 271 Å². The largest absolute Gasteiger partial charge is 0.448 e. The van der Waals surface area contributed by atoms with Gasteiger partial charge in [-0.25, -0.2) is 18.0 Å². The Morgan fingerprint density at radius 3 is 2.30 bits per heavy atom. The number of hydrogen-bond acceptors (Lipinski definition) is 8. The highest BCUT2D eigenvalue weighted by Crippen LogP contribution is 2.29. The fraction of sp³-hybridized carbons (Fsp3) is 0.441. The van der Waals surface area contributed by atoms with Gasteiger partial charge in [-0.1, -0.05) is 24.3 Å². The molecule has 47 heavy (non-hydrogen) atoms. The van der Waals surface area contributed by atoms with Crippen molar-refractivity contribution < 1.29 is 37.0 Å². The molecule has 5 rings (SSSR count). The van der Waals surface area contributed by atoms with Gasteiger partial charge in [0, 0.05) is 31.2 Å². The number of pyridine rings is 1. The first-order chi connectivity index (χ1) is 22.8. The maximum atomic E-state index is 15.0. The van der Waals surface area contributed by atoms with Gasteiger partial charge in [0.05, 0.1) is 49.0 Å². The van der Waals surface area contributed by atoms with Gasteiger partial charge in [-0.15, -0.1) is 0 Å². The van der Waals surface area contributed by atoms with E-state index < -0.39 is 41.4 Å². The van der Waals surface area contributed by atoms with E-state index in [9.17, 15) is 18.4 Å². The Bertz CT molecular complexity index is 1420. The minimum absolute atomic E-state index is 0.0174. The first-order valence-corrected chi connectivity index (χ1v) is 15.8. The summed E-state index contributed by atoms with van der Waals surface area (Å²) in [6, 6.07) is 9.73. The monoisotopic (exact) mass is 655 g/mol. The average molecular weight is 656 g/mol. The number of alkyl carbamates (subject to hydrolysis) is 1. The van der Waals surface area contributed by atoms with E-state index in [-0.39, 0.29) is 42.5 Å². The van der Waals surface area contributed by atoms with Crippen LogP contribution < -0.4 is 21.7 Å². The van der Waals surface area contributed by atoms with E-state index in [2.05, 4.69) is 20.9 Å². The van der Waals surface area contributed by atoms with E-state index in [1.54, 1.807) is 0 Å². The first kappa shape index (κ1) is 34.3. The lowest BCUT2D eigenvalue weighted by atomic mass is 9.85. The molecule has 0 bridgehead atoms. The summed E-state index contributed by atoms with van der Waals surface area (Å²) in [5, 5.41) is 8.75. The van der Waals surface area contributed by atoms with Crippen LogP contribution in [0.4, 0.5) is 23.7 Å². The van der Waals surface area contributed by atoms with Gasteiger partial charge in [0.2, 0.25) is 5.91 Å². The van der Waals surface area contributed by atoms with Gasteiger partial charge < -0.3 is 35.9 Å². The molecular weight excluding hydrogens is 615 g/mol. The molecule has 0 aliphatic carbocycles. The lowest BCUT2D eigenvalue weighted by Gasteiger charge is -2.30. The molecule has 5 N–H and O–H groups in total. The number of aromatic nitrogens is 1. The molecule has 2 amide bonds. The molecule has 4 atom stereocenters. The van der Waals surface area contributed by atoms with Crippen LogP contribution >= 0.6 is 0 Å². The van der Waals surface area contributed by atoms with Crippen molar-refractivity contribution in [1.82, 2.24) is 15.6 Å². The maximum Gasteiger partial charge on any atom is 0.407 e. The van der Waals surface area contributed by atoms with Crippen LogP contribution in [0.2, 0.25) is 0 Å². The van der Waals surface area contributed by atoms with Crippen molar-refractivity contribution in [3.8, 4) is 0 Å². The van der Waals surface area contributed by atoms with Crippen LogP contribution in [0.15, 0.2) is 60.9 Å². The number of hydrogen-bond donors (Lipinski definition) is 4. The predicted molar refractivity (Wildman–Crippen MR) is 168 cm³/mol.